The van der Waals surface area contributed by atoms with E-state index in [4.69, 9.17) is 0 Å². The molecule has 0 radical (unpaired) electrons. The van der Waals surface area contributed by atoms with Crippen molar-refractivity contribution < 1.29 is 5.11 Å². The first-order valence-electron chi connectivity index (χ1n) is 7.37. The van der Waals surface area contributed by atoms with Gasteiger partial charge in [0.1, 0.15) is 0 Å². The molecule has 0 aromatic rings. The van der Waals surface area contributed by atoms with Crippen molar-refractivity contribution in [1.29, 1.82) is 0 Å². The van der Waals surface area contributed by atoms with Gasteiger partial charge in [0.2, 0.25) is 0 Å². The number of rotatable bonds is 3. The van der Waals surface area contributed by atoms with Crippen molar-refractivity contribution in [2.45, 2.75) is 44.6 Å². The minimum absolute atomic E-state index is 0.111. The van der Waals surface area contributed by atoms with E-state index in [2.05, 4.69) is 15.2 Å². The van der Waals surface area contributed by atoms with Crippen LogP contribution in [-0.2, 0) is 0 Å². The van der Waals surface area contributed by atoms with Gasteiger partial charge < -0.3 is 15.3 Å². The second-order valence-electron chi connectivity index (χ2n) is 6.26. The molecule has 0 unspecified atom stereocenters. The summed E-state index contributed by atoms with van der Waals surface area (Å²) < 4.78 is 0. The fraction of sp³-hybridized carbons (Fsp3) is 0.929. The van der Waals surface area contributed by atoms with Crippen LogP contribution in [0.1, 0.15) is 38.5 Å². The molecule has 0 aromatic heterocycles. The maximum Gasteiger partial charge on any atom is 0.193 e. The average Bonchev–Trinajstić information content (AvgIpc) is 3.25. The molecule has 1 saturated heterocycles. The Morgan fingerprint density at radius 1 is 1.28 bits per heavy atom. The molecule has 3 rings (SSSR count). The van der Waals surface area contributed by atoms with Crippen LogP contribution in [0.15, 0.2) is 4.99 Å². The van der Waals surface area contributed by atoms with Crippen molar-refractivity contribution in [2.24, 2.45) is 16.3 Å². The molecule has 4 nitrogen and oxygen atoms in total. The Morgan fingerprint density at radius 2 is 1.94 bits per heavy atom. The lowest BCUT2D eigenvalue weighted by Gasteiger charge is -2.33. The number of aliphatic imine (C=N–C) groups is 1. The summed E-state index contributed by atoms with van der Waals surface area (Å²) in [5.41, 5.74) is 0.616. The van der Waals surface area contributed by atoms with E-state index < -0.39 is 0 Å². The van der Waals surface area contributed by atoms with Crippen LogP contribution in [0.25, 0.3) is 0 Å². The summed E-state index contributed by atoms with van der Waals surface area (Å²) in [4.78, 5) is 6.68. The molecular weight excluding hydrogens is 226 g/mol. The average molecular weight is 251 g/mol. The summed E-state index contributed by atoms with van der Waals surface area (Å²) in [6.45, 7) is 2.96. The first-order chi connectivity index (χ1) is 8.73. The quantitative estimate of drug-likeness (QED) is 0.585. The van der Waals surface area contributed by atoms with E-state index in [0.717, 1.165) is 44.4 Å². The molecular formula is C14H25N3O. The van der Waals surface area contributed by atoms with Crippen molar-refractivity contribution in [3.05, 3.63) is 0 Å². The number of hydrogen-bond acceptors (Lipinski definition) is 2. The predicted octanol–water partition coefficient (Wildman–Crippen LogP) is 1.21. The number of likely N-dealkylation sites (tertiary alicyclic amines) is 1. The van der Waals surface area contributed by atoms with E-state index >= 15 is 0 Å². The van der Waals surface area contributed by atoms with Gasteiger partial charge in [-0.2, -0.15) is 0 Å². The summed E-state index contributed by atoms with van der Waals surface area (Å²) in [5.74, 6) is 2.03. The highest BCUT2D eigenvalue weighted by Crippen LogP contribution is 2.60. The fourth-order valence-corrected chi connectivity index (χ4v) is 3.25. The standard InChI is InChI=1S/C14H25N3O/c1-15-13(17-8-4-12(18)5-9-17)16-10-14(6-7-14)11-2-3-11/h11-12,18H,2-10H2,1H3,(H,15,16). The van der Waals surface area contributed by atoms with E-state index in [1.165, 1.54) is 25.7 Å². The lowest BCUT2D eigenvalue weighted by molar-refractivity contribution is 0.107. The Balaban J connectivity index is 1.50. The van der Waals surface area contributed by atoms with Gasteiger partial charge in [0.15, 0.2) is 5.96 Å². The molecule has 102 valence electrons. The van der Waals surface area contributed by atoms with Crippen LogP contribution >= 0.6 is 0 Å². The van der Waals surface area contributed by atoms with Crippen LogP contribution in [-0.4, -0.2) is 48.8 Å². The zero-order valence-electron chi connectivity index (χ0n) is 11.4. The number of nitrogens with one attached hydrogen (secondary N) is 1. The summed E-state index contributed by atoms with van der Waals surface area (Å²) in [5, 5.41) is 13.1. The zero-order chi connectivity index (χ0) is 12.6. The van der Waals surface area contributed by atoms with Crippen molar-refractivity contribution in [3.63, 3.8) is 0 Å². The second kappa shape index (κ2) is 4.72. The summed E-state index contributed by atoms with van der Waals surface area (Å²) in [7, 11) is 1.87. The third-order valence-electron chi connectivity index (χ3n) is 4.91. The number of hydrogen-bond donors (Lipinski definition) is 2. The van der Waals surface area contributed by atoms with Gasteiger partial charge in [0.05, 0.1) is 6.10 Å². The molecule has 3 aliphatic rings. The molecule has 2 aliphatic carbocycles. The summed E-state index contributed by atoms with van der Waals surface area (Å²) >= 11 is 0. The van der Waals surface area contributed by atoms with E-state index in [0.29, 0.717) is 5.41 Å². The second-order valence-corrected chi connectivity index (χ2v) is 6.26. The predicted molar refractivity (Wildman–Crippen MR) is 72.6 cm³/mol. The molecule has 2 saturated carbocycles. The number of guanidine groups is 1. The molecule has 0 amide bonds. The number of nitrogens with zero attached hydrogens (tertiary/aromatic N) is 2. The minimum atomic E-state index is -0.111. The van der Waals surface area contributed by atoms with Gasteiger partial charge in [-0.1, -0.05) is 0 Å². The van der Waals surface area contributed by atoms with Crippen molar-refractivity contribution in [1.82, 2.24) is 10.2 Å². The van der Waals surface area contributed by atoms with Crippen LogP contribution in [0.5, 0.6) is 0 Å². The fourth-order valence-electron chi connectivity index (χ4n) is 3.25. The van der Waals surface area contributed by atoms with Gasteiger partial charge in [-0.15, -0.1) is 0 Å². The van der Waals surface area contributed by atoms with E-state index in [1.807, 2.05) is 7.05 Å². The molecule has 0 spiro atoms. The van der Waals surface area contributed by atoms with E-state index in [9.17, 15) is 5.11 Å². The molecule has 0 bridgehead atoms. The van der Waals surface area contributed by atoms with Crippen LogP contribution in [0, 0.1) is 11.3 Å². The van der Waals surface area contributed by atoms with Crippen LogP contribution in [0.4, 0.5) is 0 Å². The van der Waals surface area contributed by atoms with Gasteiger partial charge in [0.25, 0.3) is 0 Å². The smallest absolute Gasteiger partial charge is 0.193 e. The van der Waals surface area contributed by atoms with Crippen LogP contribution < -0.4 is 5.32 Å². The maximum absolute atomic E-state index is 9.54. The Morgan fingerprint density at radius 3 is 2.44 bits per heavy atom. The lowest BCUT2D eigenvalue weighted by atomic mass is 10.0. The molecule has 18 heavy (non-hydrogen) atoms. The molecule has 1 aliphatic heterocycles. The Kier molecular flexibility index (Phi) is 3.22. The maximum atomic E-state index is 9.54. The highest BCUT2D eigenvalue weighted by Gasteiger charge is 2.53. The number of aliphatic hydroxyl groups excluding tert-OH is 1. The molecule has 3 fully saturated rings. The molecule has 0 atom stereocenters. The SMILES string of the molecule is CN=C(NCC1(C2CC2)CC1)N1CCC(O)CC1. The third kappa shape index (κ3) is 2.48. The van der Waals surface area contributed by atoms with E-state index in [1.54, 1.807) is 0 Å². The van der Waals surface area contributed by atoms with Gasteiger partial charge >= 0.3 is 0 Å². The van der Waals surface area contributed by atoms with Gasteiger partial charge in [-0.3, -0.25) is 4.99 Å². The lowest BCUT2D eigenvalue weighted by Crippen LogP contribution is -2.48. The summed E-state index contributed by atoms with van der Waals surface area (Å²) in [6.07, 6.45) is 7.32. The van der Waals surface area contributed by atoms with Crippen molar-refractivity contribution in [2.75, 3.05) is 26.7 Å². The largest absolute Gasteiger partial charge is 0.393 e. The van der Waals surface area contributed by atoms with Gasteiger partial charge in [-0.05, 0) is 49.9 Å². The Hall–Kier alpha value is -0.770. The molecule has 4 heteroatoms. The number of aliphatic hydroxyl groups is 1. The Bertz CT molecular complexity index is 326. The van der Waals surface area contributed by atoms with Crippen molar-refractivity contribution >= 4 is 5.96 Å². The monoisotopic (exact) mass is 251 g/mol. The molecule has 1 heterocycles. The Labute approximate surface area is 109 Å². The van der Waals surface area contributed by atoms with Crippen molar-refractivity contribution in [3.8, 4) is 0 Å². The first-order valence-corrected chi connectivity index (χ1v) is 7.37. The third-order valence-corrected chi connectivity index (χ3v) is 4.91. The topological polar surface area (TPSA) is 47.9 Å². The minimum Gasteiger partial charge on any atom is -0.393 e. The van der Waals surface area contributed by atoms with Gasteiger partial charge in [-0.25, -0.2) is 0 Å². The highest BCUT2D eigenvalue weighted by molar-refractivity contribution is 5.80. The zero-order valence-corrected chi connectivity index (χ0v) is 11.4. The van der Waals surface area contributed by atoms with Crippen LogP contribution in [0.3, 0.4) is 0 Å². The molecule has 0 aromatic carbocycles. The molecule has 2 N–H and O–H groups in total. The number of piperidine rings is 1. The highest BCUT2D eigenvalue weighted by atomic mass is 16.3. The van der Waals surface area contributed by atoms with E-state index in [-0.39, 0.29) is 6.10 Å². The van der Waals surface area contributed by atoms with Crippen LogP contribution in [0.2, 0.25) is 0 Å². The van der Waals surface area contributed by atoms with Gasteiger partial charge in [0, 0.05) is 26.7 Å². The normalized spacial score (nSPS) is 28.3. The summed E-state index contributed by atoms with van der Waals surface area (Å²) in [6, 6.07) is 0. The first kappa shape index (κ1) is 12.3.